The minimum absolute atomic E-state index is 0.0538. The van der Waals surface area contributed by atoms with Gasteiger partial charge < -0.3 is 5.11 Å². The summed E-state index contributed by atoms with van der Waals surface area (Å²) in [4.78, 5) is 19.0. The van der Waals surface area contributed by atoms with Crippen molar-refractivity contribution in [3.63, 3.8) is 0 Å². The van der Waals surface area contributed by atoms with Crippen molar-refractivity contribution in [3.8, 4) is 5.95 Å². The molecule has 0 aliphatic rings. The van der Waals surface area contributed by atoms with Crippen LogP contribution in [0.2, 0.25) is 5.15 Å². The average Bonchev–Trinajstić information content (AvgIpc) is 2.65. The van der Waals surface area contributed by atoms with Crippen LogP contribution in [-0.2, 0) is 0 Å². The molecule has 0 radical (unpaired) electrons. The second-order valence-corrected chi connectivity index (χ2v) is 4.38. The number of nitrogens with zero attached hydrogens (tertiary/aromatic N) is 4. The highest BCUT2D eigenvalue weighted by atomic mass is 35.5. The Bertz CT molecular complexity index is 667. The molecule has 9 heteroatoms. The molecule has 0 atom stereocenters. The van der Waals surface area contributed by atoms with Crippen LogP contribution in [0.3, 0.4) is 0 Å². The number of carboxylic acids is 1. The molecule has 0 aromatic carbocycles. The van der Waals surface area contributed by atoms with E-state index in [1.807, 2.05) is 0 Å². The molecule has 0 saturated heterocycles. The maximum Gasteiger partial charge on any atom is 0.341 e. The molecule has 2 aromatic rings. The van der Waals surface area contributed by atoms with Crippen molar-refractivity contribution in [2.24, 2.45) is 0 Å². The first-order valence-corrected chi connectivity index (χ1v) is 5.81. The molecule has 106 valence electrons. The van der Waals surface area contributed by atoms with E-state index < -0.39 is 28.8 Å². The summed E-state index contributed by atoms with van der Waals surface area (Å²) < 4.78 is 26.4. The molecule has 0 fully saturated rings. The van der Waals surface area contributed by atoms with Crippen LogP contribution in [-0.4, -0.2) is 30.8 Å². The summed E-state index contributed by atoms with van der Waals surface area (Å²) in [7, 11) is 0. The normalized spacial score (nSPS) is 11.1. The Labute approximate surface area is 117 Å². The van der Waals surface area contributed by atoms with E-state index in [9.17, 15) is 13.6 Å². The highest BCUT2D eigenvalue weighted by molar-refractivity contribution is 6.32. The smallest absolute Gasteiger partial charge is 0.341 e. The summed E-state index contributed by atoms with van der Waals surface area (Å²) in [6, 6.07) is 1.67. The van der Waals surface area contributed by atoms with Crippen molar-refractivity contribution in [2.75, 3.05) is 0 Å². The average molecular weight is 303 g/mol. The Hall–Kier alpha value is -2.09. The van der Waals surface area contributed by atoms with Crippen LogP contribution < -0.4 is 0 Å². The predicted molar refractivity (Wildman–Crippen MR) is 65.6 cm³/mol. The standard InChI is InChI=1S/C11H9ClF2N4O2/c1-4-3-5(2)16-11(15-4)18-8(12)6(10(19)20)7(17-18)9(13)14/h3,9H,1-2H3,(H,19,20). The maximum atomic E-state index is 12.8. The molecule has 0 saturated carbocycles. The summed E-state index contributed by atoms with van der Waals surface area (Å²) in [5, 5.41) is 12.0. The van der Waals surface area contributed by atoms with Gasteiger partial charge in [0.25, 0.3) is 12.4 Å². The van der Waals surface area contributed by atoms with Crippen LogP contribution in [0.1, 0.15) is 33.9 Å². The van der Waals surface area contributed by atoms with E-state index in [0.29, 0.717) is 11.4 Å². The van der Waals surface area contributed by atoms with Gasteiger partial charge in [0, 0.05) is 11.4 Å². The fourth-order valence-electron chi connectivity index (χ4n) is 1.70. The zero-order valence-electron chi connectivity index (χ0n) is 10.4. The monoisotopic (exact) mass is 302 g/mol. The molecular formula is C11H9ClF2N4O2. The Kier molecular flexibility index (Phi) is 3.67. The molecule has 0 amide bonds. The van der Waals surface area contributed by atoms with Crippen molar-refractivity contribution in [3.05, 3.63) is 33.9 Å². The van der Waals surface area contributed by atoms with E-state index in [4.69, 9.17) is 16.7 Å². The number of rotatable bonds is 3. The van der Waals surface area contributed by atoms with Gasteiger partial charge in [-0.2, -0.15) is 9.78 Å². The number of aromatic carboxylic acids is 1. The molecule has 0 spiro atoms. The van der Waals surface area contributed by atoms with Gasteiger partial charge in [-0.05, 0) is 19.9 Å². The molecule has 6 nitrogen and oxygen atoms in total. The number of halogens is 3. The third-order valence-electron chi connectivity index (χ3n) is 2.44. The van der Waals surface area contributed by atoms with Crippen LogP contribution in [0, 0.1) is 13.8 Å². The van der Waals surface area contributed by atoms with Crippen LogP contribution in [0.15, 0.2) is 6.07 Å². The van der Waals surface area contributed by atoms with Crippen molar-refractivity contribution in [1.29, 1.82) is 0 Å². The summed E-state index contributed by atoms with van der Waals surface area (Å²) in [6.45, 7) is 3.36. The van der Waals surface area contributed by atoms with Gasteiger partial charge in [-0.3, -0.25) is 0 Å². The summed E-state index contributed by atoms with van der Waals surface area (Å²) in [6.07, 6.45) is -3.06. The van der Waals surface area contributed by atoms with E-state index >= 15 is 0 Å². The number of hydrogen-bond acceptors (Lipinski definition) is 4. The Morgan fingerprint density at radius 2 is 1.90 bits per heavy atom. The van der Waals surface area contributed by atoms with E-state index in [-0.39, 0.29) is 5.95 Å². The lowest BCUT2D eigenvalue weighted by molar-refractivity contribution is 0.0684. The fraction of sp³-hybridized carbons (Fsp3) is 0.273. The molecule has 2 aromatic heterocycles. The SMILES string of the molecule is Cc1cc(C)nc(-n2nc(C(F)F)c(C(=O)O)c2Cl)n1. The molecular weight excluding hydrogens is 294 g/mol. The van der Waals surface area contributed by atoms with Gasteiger partial charge in [-0.1, -0.05) is 11.6 Å². The van der Waals surface area contributed by atoms with E-state index in [1.54, 1.807) is 19.9 Å². The van der Waals surface area contributed by atoms with E-state index in [1.165, 1.54) is 0 Å². The van der Waals surface area contributed by atoms with Gasteiger partial charge in [-0.25, -0.2) is 23.5 Å². The number of carboxylic acid groups (broad SMARTS) is 1. The molecule has 20 heavy (non-hydrogen) atoms. The number of aromatic nitrogens is 4. The first kappa shape index (κ1) is 14.3. The number of alkyl halides is 2. The van der Waals surface area contributed by atoms with Crippen molar-refractivity contribution >= 4 is 17.6 Å². The predicted octanol–water partition coefficient (Wildman–Crippen LogP) is 2.57. The lowest BCUT2D eigenvalue weighted by Gasteiger charge is -2.03. The third-order valence-corrected chi connectivity index (χ3v) is 2.79. The summed E-state index contributed by atoms with van der Waals surface area (Å²) in [5.74, 6) is -1.64. The maximum absolute atomic E-state index is 12.8. The summed E-state index contributed by atoms with van der Waals surface area (Å²) >= 11 is 5.81. The van der Waals surface area contributed by atoms with Crippen LogP contribution in [0.25, 0.3) is 5.95 Å². The number of carbonyl (C=O) groups is 1. The van der Waals surface area contributed by atoms with Gasteiger partial charge in [0.2, 0.25) is 0 Å². The molecule has 0 bridgehead atoms. The molecule has 2 heterocycles. The number of hydrogen-bond donors (Lipinski definition) is 1. The van der Waals surface area contributed by atoms with Gasteiger partial charge in [-0.15, -0.1) is 0 Å². The number of aryl methyl sites for hydroxylation is 2. The van der Waals surface area contributed by atoms with E-state index in [2.05, 4.69) is 15.1 Å². The zero-order chi connectivity index (χ0) is 15.0. The van der Waals surface area contributed by atoms with Gasteiger partial charge >= 0.3 is 5.97 Å². The molecule has 2 rings (SSSR count). The quantitative estimate of drug-likeness (QED) is 0.942. The Morgan fingerprint density at radius 3 is 2.30 bits per heavy atom. The van der Waals surface area contributed by atoms with E-state index in [0.717, 1.165) is 4.68 Å². The van der Waals surface area contributed by atoms with Crippen molar-refractivity contribution < 1.29 is 18.7 Å². The highest BCUT2D eigenvalue weighted by Gasteiger charge is 2.29. The largest absolute Gasteiger partial charge is 0.478 e. The highest BCUT2D eigenvalue weighted by Crippen LogP contribution is 2.29. The van der Waals surface area contributed by atoms with Gasteiger partial charge in [0.15, 0.2) is 5.15 Å². The lowest BCUT2D eigenvalue weighted by atomic mass is 10.2. The van der Waals surface area contributed by atoms with Crippen molar-refractivity contribution in [1.82, 2.24) is 19.7 Å². The molecule has 0 aliphatic carbocycles. The fourth-order valence-corrected chi connectivity index (χ4v) is 1.99. The summed E-state index contributed by atoms with van der Waals surface area (Å²) in [5.41, 5.74) is -0.501. The Balaban J connectivity index is 2.69. The van der Waals surface area contributed by atoms with Crippen molar-refractivity contribution in [2.45, 2.75) is 20.3 Å². The third kappa shape index (κ3) is 2.46. The van der Waals surface area contributed by atoms with Crippen LogP contribution in [0.5, 0.6) is 0 Å². The minimum atomic E-state index is -3.06. The van der Waals surface area contributed by atoms with Gasteiger partial charge in [0.05, 0.1) is 0 Å². The Morgan fingerprint density at radius 1 is 1.35 bits per heavy atom. The first-order chi connectivity index (χ1) is 9.31. The molecule has 0 aliphatic heterocycles. The minimum Gasteiger partial charge on any atom is -0.478 e. The molecule has 0 unspecified atom stereocenters. The van der Waals surface area contributed by atoms with Crippen LogP contribution >= 0.6 is 11.6 Å². The second-order valence-electron chi connectivity index (χ2n) is 4.02. The van der Waals surface area contributed by atoms with Crippen LogP contribution in [0.4, 0.5) is 8.78 Å². The first-order valence-electron chi connectivity index (χ1n) is 5.43. The zero-order valence-corrected chi connectivity index (χ0v) is 11.2. The molecule has 1 N–H and O–H groups in total. The topological polar surface area (TPSA) is 80.9 Å². The van der Waals surface area contributed by atoms with Gasteiger partial charge in [0.1, 0.15) is 11.3 Å². The lowest BCUT2D eigenvalue weighted by Crippen LogP contribution is -2.06. The second kappa shape index (κ2) is 5.12.